The van der Waals surface area contributed by atoms with Crippen molar-refractivity contribution in [3.05, 3.63) is 65.2 Å². The zero-order chi connectivity index (χ0) is 15.5. The van der Waals surface area contributed by atoms with Gasteiger partial charge in [0, 0.05) is 12.6 Å². The largest absolute Gasteiger partial charge is 0.326 e. The van der Waals surface area contributed by atoms with E-state index < -0.39 is 10.0 Å². The summed E-state index contributed by atoms with van der Waals surface area (Å²) in [6, 6.07) is 14.3. The summed E-state index contributed by atoms with van der Waals surface area (Å²) in [6.07, 6.45) is 0. The standard InChI is InChI=1S/C16H20N2O2S/c1-12-7-9-14(10-8-12)13(2)18-21(19,20)16-6-4-3-5-15(16)11-17/h3-10,13,18H,11,17H2,1-2H3. The highest BCUT2D eigenvalue weighted by atomic mass is 32.2. The van der Waals surface area contributed by atoms with Crippen LogP contribution in [0.4, 0.5) is 0 Å². The van der Waals surface area contributed by atoms with Crippen molar-refractivity contribution in [3.8, 4) is 0 Å². The Labute approximate surface area is 126 Å². The van der Waals surface area contributed by atoms with E-state index in [1.807, 2.05) is 38.1 Å². The summed E-state index contributed by atoms with van der Waals surface area (Å²) in [5, 5.41) is 0. The number of hydrogen-bond donors (Lipinski definition) is 2. The molecular weight excluding hydrogens is 284 g/mol. The molecule has 2 aromatic rings. The number of aryl methyl sites for hydroxylation is 1. The van der Waals surface area contributed by atoms with Crippen molar-refractivity contribution in [1.82, 2.24) is 4.72 Å². The molecule has 0 amide bonds. The van der Waals surface area contributed by atoms with Crippen LogP contribution in [-0.2, 0) is 16.6 Å². The minimum atomic E-state index is -3.59. The number of rotatable bonds is 5. The van der Waals surface area contributed by atoms with Crippen LogP contribution in [-0.4, -0.2) is 8.42 Å². The average Bonchev–Trinajstić information content (AvgIpc) is 2.47. The number of sulfonamides is 1. The minimum Gasteiger partial charge on any atom is -0.326 e. The second-order valence-electron chi connectivity index (χ2n) is 5.07. The molecule has 21 heavy (non-hydrogen) atoms. The monoisotopic (exact) mass is 304 g/mol. The molecule has 0 heterocycles. The molecule has 1 atom stereocenters. The van der Waals surface area contributed by atoms with Gasteiger partial charge in [-0.2, -0.15) is 0 Å². The van der Waals surface area contributed by atoms with Gasteiger partial charge in [-0.1, -0.05) is 48.0 Å². The highest BCUT2D eigenvalue weighted by Gasteiger charge is 2.20. The predicted octanol–water partition coefficient (Wildman–Crippen LogP) is 2.49. The van der Waals surface area contributed by atoms with Gasteiger partial charge in [0.2, 0.25) is 10.0 Å². The molecule has 0 aliphatic carbocycles. The first-order chi connectivity index (χ1) is 9.94. The first-order valence-corrected chi connectivity index (χ1v) is 8.29. The van der Waals surface area contributed by atoms with Crippen LogP contribution in [0.15, 0.2) is 53.4 Å². The number of nitrogens with one attached hydrogen (secondary N) is 1. The molecule has 0 spiro atoms. The Hall–Kier alpha value is -1.69. The lowest BCUT2D eigenvalue weighted by atomic mass is 10.1. The van der Waals surface area contributed by atoms with Crippen LogP contribution in [0.1, 0.15) is 29.7 Å². The molecule has 0 aliphatic heterocycles. The van der Waals surface area contributed by atoms with Crippen molar-refractivity contribution in [3.63, 3.8) is 0 Å². The minimum absolute atomic E-state index is 0.190. The van der Waals surface area contributed by atoms with Gasteiger partial charge in [0.1, 0.15) is 0 Å². The maximum atomic E-state index is 12.5. The normalized spacial score (nSPS) is 13.1. The van der Waals surface area contributed by atoms with Crippen LogP contribution in [0, 0.1) is 6.92 Å². The Morgan fingerprint density at radius 3 is 2.33 bits per heavy atom. The maximum absolute atomic E-state index is 12.5. The van der Waals surface area contributed by atoms with Gasteiger partial charge in [-0.25, -0.2) is 13.1 Å². The van der Waals surface area contributed by atoms with Gasteiger partial charge < -0.3 is 5.73 Å². The van der Waals surface area contributed by atoms with Crippen molar-refractivity contribution in [2.45, 2.75) is 31.3 Å². The van der Waals surface area contributed by atoms with Crippen LogP contribution in [0.3, 0.4) is 0 Å². The quantitative estimate of drug-likeness (QED) is 0.891. The van der Waals surface area contributed by atoms with Gasteiger partial charge in [0.25, 0.3) is 0 Å². The van der Waals surface area contributed by atoms with Gasteiger partial charge in [-0.15, -0.1) is 0 Å². The van der Waals surface area contributed by atoms with E-state index in [1.165, 1.54) is 0 Å². The molecule has 112 valence electrons. The van der Waals surface area contributed by atoms with E-state index in [0.29, 0.717) is 5.56 Å². The topological polar surface area (TPSA) is 72.2 Å². The fourth-order valence-corrected chi connectivity index (χ4v) is 3.64. The molecule has 0 saturated heterocycles. The maximum Gasteiger partial charge on any atom is 0.241 e. The van der Waals surface area contributed by atoms with Gasteiger partial charge >= 0.3 is 0 Å². The van der Waals surface area contributed by atoms with E-state index in [0.717, 1.165) is 11.1 Å². The third kappa shape index (κ3) is 3.69. The molecule has 0 bridgehead atoms. The van der Waals surface area contributed by atoms with Crippen molar-refractivity contribution >= 4 is 10.0 Å². The van der Waals surface area contributed by atoms with E-state index in [4.69, 9.17) is 5.73 Å². The second kappa shape index (κ2) is 6.39. The molecule has 2 rings (SSSR count). The molecule has 0 aromatic heterocycles. The fourth-order valence-electron chi connectivity index (χ4n) is 2.15. The Morgan fingerprint density at radius 2 is 1.71 bits per heavy atom. The molecule has 1 unspecified atom stereocenters. The lowest BCUT2D eigenvalue weighted by molar-refractivity contribution is 0.565. The van der Waals surface area contributed by atoms with E-state index in [1.54, 1.807) is 24.3 Å². The lowest BCUT2D eigenvalue weighted by Crippen LogP contribution is -2.28. The van der Waals surface area contributed by atoms with Gasteiger partial charge in [-0.05, 0) is 31.0 Å². The summed E-state index contributed by atoms with van der Waals surface area (Å²) >= 11 is 0. The predicted molar refractivity (Wildman–Crippen MR) is 84.2 cm³/mol. The number of nitrogens with two attached hydrogens (primary N) is 1. The van der Waals surface area contributed by atoms with E-state index in [2.05, 4.69) is 4.72 Å². The zero-order valence-electron chi connectivity index (χ0n) is 12.2. The summed E-state index contributed by atoms with van der Waals surface area (Å²) in [6.45, 7) is 4.01. The molecule has 0 fully saturated rings. The smallest absolute Gasteiger partial charge is 0.241 e. The summed E-state index contributed by atoms with van der Waals surface area (Å²) in [5.41, 5.74) is 8.29. The summed E-state index contributed by atoms with van der Waals surface area (Å²) < 4.78 is 27.7. The average molecular weight is 304 g/mol. The molecule has 0 radical (unpaired) electrons. The van der Waals surface area contributed by atoms with Crippen LogP contribution in [0.25, 0.3) is 0 Å². The molecule has 2 aromatic carbocycles. The molecule has 4 nitrogen and oxygen atoms in total. The second-order valence-corrected chi connectivity index (χ2v) is 6.75. The van der Waals surface area contributed by atoms with E-state index in [9.17, 15) is 8.42 Å². The number of hydrogen-bond acceptors (Lipinski definition) is 3. The van der Waals surface area contributed by atoms with Gasteiger partial charge in [0.15, 0.2) is 0 Å². The Morgan fingerprint density at radius 1 is 1.10 bits per heavy atom. The molecule has 3 N–H and O–H groups in total. The van der Waals surface area contributed by atoms with Crippen molar-refractivity contribution < 1.29 is 8.42 Å². The highest BCUT2D eigenvalue weighted by Crippen LogP contribution is 2.19. The van der Waals surface area contributed by atoms with Crippen LogP contribution >= 0.6 is 0 Å². The highest BCUT2D eigenvalue weighted by molar-refractivity contribution is 7.89. The van der Waals surface area contributed by atoms with Crippen LogP contribution < -0.4 is 10.5 Å². The molecule has 0 saturated carbocycles. The molecule has 0 aliphatic rings. The van der Waals surface area contributed by atoms with Crippen LogP contribution in [0.5, 0.6) is 0 Å². The Balaban J connectivity index is 2.26. The summed E-state index contributed by atoms with van der Waals surface area (Å²) in [7, 11) is -3.59. The van der Waals surface area contributed by atoms with Gasteiger partial charge in [-0.3, -0.25) is 0 Å². The third-order valence-electron chi connectivity index (χ3n) is 3.39. The first-order valence-electron chi connectivity index (χ1n) is 6.81. The van der Waals surface area contributed by atoms with Crippen molar-refractivity contribution in [2.24, 2.45) is 5.73 Å². The third-order valence-corrected chi connectivity index (χ3v) is 5.03. The van der Waals surface area contributed by atoms with Crippen molar-refractivity contribution in [2.75, 3.05) is 0 Å². The van der Waals surface area contributed by atoms with E-state index in [-0.39, 0.29) is 17.5 Å². The first kappa shape index (κ1) is 15.7. The van der Waals surface area contributed by atoms with Crippen molar-refractivity contribution in [1.29, 1.82) is 0 Å². The fraction of sp³-hybridized carbons (Fsp3) is 0.250. The van der Waals surface area contributed by atoms with Gasteiger partial charge in [0.05, 0.1) is 4.90 Å². The van der Waals surface area contributed by atoms with E-state index >= 15 is 0 Å². The Kier molecular flexibility index (Phi) is 4.77. The zero-order valence-corrected chi connectivity index (χ0v) is 13.0. The SMILES string of the molecule is Cc1ccc(C(C)NS(=O)(=O)c2ccccc2CN)cc1. The molecular formula is C16H20N2O2S. The number of benzene rings is 2. The van der Waals surface area contributed by atoms with Crippen LogP contribution in [0.2, 0.25) is 0 Å². The molecule has 5 heteroatoms. The summed E-state index contributed by atoms with van der Waals surface area (Å²) in [5.74, 6) is 0. The Bertz CT molecular complexity index is 709. The summed E-state index contributed by atoms with van der Waals surface area (Å²) in [4.78, 5) is 0.242. The lowest BCUT2D eigenvalue weighted by Gasteiger charge is -2.16.